The van der Waals surface area contributed by atoms with E-state index in [-0.39, 0.29) is 0 Å². The molecule has 2 heterocycles. The zero-order chi connectivity index (χ0) is 22.7. The summed E-state index contributed by atoms with van der Waals surface area (Å²) in [5, 5.41) is 12.1. The van der Waals surface area contributed by atoms with Gasteiger partial charge in [-0.05, 0) is 22.9 Å². The van der Waals surface area contributed by atoms with E-state index in [0.29, 0.717) is 5.16 Å². The molecule has 0 bridgehead atoms. The van der Waals surface area contributed by atoms with Gasteiger partial charge in [0.05, 0.1) is 11.0 Å². The lowest BCUT2D eigenvalue weighted by atomic mass is 10.0. The van der Waals surface area contributed by atoms with Crippen LogP contribution in [0.4, 0.5) is 0 Å². The summed E-state index contributed by atoms with van der Waals surface area (Å²) < 4.78 is 0. The molecule has 4 aromatic carbocycles. The van der Waals surface area contributed by atoms with Crippen LogP contribution < -0.4 is 0 Å². The number of H-pyrrole nitrogens is 1. The third-order valence-corrected chi connectivity index (χ3v) is 6.57. The van der Waals surface area contributed by atoms with Gasteiger partial charge in [-0.2, -0.15) is 0 Å². The third-order valence-electron chi connectivity index (χ3n) is 5.73. The van der Waals surface area contributed by atoms with Crippen LogP contribution in [0.5, 0.6) is 0 Å². The summed E-state index contributed by atoms with van der Waals surface area (Å²) >= 11 is 1.60. The number of hydrogen-bond donors (Lipinski definition) is 1. The van der Waals surface area contributed by atoms with Gasteiger partial charge in [-0.15, -0.1) is 10.2 Å². The van der Waals surface area contributed by atoms with Gasteiger partial charge < -0.3 is 4.98 Å². The molecule has 0 aliphatic heterocycles. The Hall–Kier alpha value is -4.03. The van der Waals surface area contributed by atoms with Gasteiger partial charge in [-0.1, -0.05) is 96.7 Å². The maximum atomic E-state index is 4.89. The molecule has 0 atom stereocenters. The zero-order valence-electron chi connectivity index (χ0n) is 18.3. The fourth-order valence-corrected chi connectivity index (χ4v) is 4.80. The Morgan fingerprint density at radius 3 is 2.03 bits per heavy atom. The Morgan fingerprint density at radius 1 is 0.647 bits per heavy atom. The Bertz CT molecular complexity index is 1530. The predicted molar refractivity (Wildman–Crippen MR) is 139 cm³/mol. The lowest BCUT2D eigenvalue weighted by molar-refractivity contribution is 0.848. The van der Waals surface area contributed by atoms with Gasteiger partial charge in [-0.25, -0.2) is 9.97 Å². The third kappa shape index (κ3) is 4.16. The van der Waals surface area contributed by atoms with Crippen molar-refractivity contribution in [3.05, 3.63) is 103 Å². The fourth-order valence-electron chi connectivity index (χ4n) is 4.07. The van der Waals surface area contributed by atoms with Crippen LogP contribution in [0.1, 0.15) is 5.82 Å². The Morgan fingerprint density at radius 2 is 1.29 bits per heavy atom. The van der Waals surface area contributed by atoms with Crippen molar-refractivity contribution < 1.29 is 0 Å². The molecule has 0 aliphatic rings. The van der Waals surface area contributed by atoms with E-state index in [9.17, 15) is 0 Å². The fraction of sp³-hybridized carbons (Fsp3) is 0.0714. The first-order valence-electron chi connectivity index (χ1n) is 11.2. The molecule has 6 aromatic rings. The highest BCUT2D eigenvalue weighted by Crippen LogP contribution is 2.30. The lowest BCUT2D eigenvalue weighted by Crippen LogP contribution is -2.00. The topological polar surface area (TPSA) is 67.3 Å². The van der Waals surface area contributed by atoms with Crippen LogP contribution in [0.25, 0.3) is 44.3 Å². The molecule has 164 valence electrons. The number of aryl methyl sites for hydroxylation is 1. The van der Waals surface area contributed by atoms with E-state index in [2.05, 4.69) is 63.7 Å². The molecule has 0 unspecified atom stereocenters. The van der Waals surface area contributed by atoms with E-state index >= 15 is 0 Å². The molecule has 0 saturated carbocycles. The van der Waals surface area contributed by atoms with Crippen molar-refractivity contribution in [1.82, 2.24) is 25.1 Å². The van der Waals surface area contributed by atoms with Gasteiger partial charge in [-0.3, -0.25) is 0 Å². The van der Waals surface area contributed by atoms with Gasteiger partial charge in [0.15, 0.2) is 0 Å². The number of aromatic amines is 1. The normalized spacial score (nSPS) is 11.3. The van der Waals surface area contributed by atoms with Crippen LogP contribution in [-0.4, -0.2) is 30.9 Å². The maximum Gasteiger partial charge on any atom is 0.209 e. The summed E-state index contributed by atoms with van der Waals surface area (Å²) in [6.07, 6.45) is 0.792. The smallest absolute Gasteiger partial charge is 0.209 e. The highest BCUT2D eigenvalue weighted by atomic mass is 32.2. The number of nitrogens with zero attached hydrogens (tertiary/aromatic N) is 4. The molecular formula is C28H21N5S. The standard InChI is InChI=1S/C28H21N5S/c1-3-9-19(10-4-1)26-27(20-11-5-2-6-12-20)32-33-28(31-26)34-16-15-25-29-23-17-21-13-7-8-14-22(21)18-24(23)30-25/h1-14,17-18H,15-16H2,(H,29,30). The molecule has 0 amide bonds. The number of hydrogen-bond acceptors (Lipinski definition) is 5. The quantitative estimate of drug-likeness (QED) is 0.285. The van der Waals surface area contributed by atoms with Gasteiger partial charge in [0.25, 0.3) is 0 Å². The van der Waals surface area contributed by atoms with Gasteiger partial charge in [0.2, 0.25) is 5.16 Å². The Kier molecular flexibility index (Phi) is 5.49. The summed E-state index contributed by atoms with van der Waals surface area (Å²) in [5.74, 6) is 1.77. The van der Waals surface area contributed by atoms with E-state index in [1.165, 1.54) is 10.8 Å². The van der Waals surface area contributed by atoms with E-state index in [4.69, 9.17) is 9.97 Å². The van der Waals surface area contributed by atoms with Crippen molar-refractivity contribution >= 4 is 33.6 Å². The van der Waals surface area contributed by atoms with Crippen LogP contribution in [-0.2, 0) is 6.42 Å². The van der Waals surface area contributed by atoms with Crippen LogP contribution in [0.2, 0.25) is 0 Å². The van der Waals surface area contributed by atoms with E-state index in [0.717, 1.165) is 51.5 Å². The van der Waals surface area contributed by atoms with Crippen molar-refractivity contribution in [1.29, 1.82) is 0 Å². The van der Waals surface area contributed by atoms with Crippen molar-refractivity contribution in [2.75, 3.05) is 5.75 Å². The second kappa shape index (κ2) is 9.08. The number of nitrogens with one attached hydrogen (secondary N) is 1. The molecule has 1 N–H and O–H groups in total. The molecule has 34 heavy (non-hydrogen) atoms. The highest BCUT2D eigenvalue weighted by molar-refractivity contribution is 7.99. The first-order valence-corrected chi connectivity index (χ1v) is 12.2. The molecule has 0 aliphatic carbocycles. The summed E-state index contributed by atoms with van der Waals surface area (Å²) in [6.45, 7) is 0. The first-order chi connectivity index (χ1) is 16.8. The number of imidazole rings is 1. The van der Waals surface area contributed by atoms with E-state index < -0.39 is 0 Å². The SMILES string of the molecule is c1ccc(-c2nnc(SCCc3nc4cc5ccccc5cc4[nH]3)nc2-c2ccccc2)cc1. The van der Waals surface area contributed by atoms with E-state index in [1.54, 1.807) is 11.8 Å². The molecule has 2 aromatic heterocycles. The Balaban J connectivity index is 1.24. The molecule has 5 nitrogen and oxygen atoms in total. The molecule has 0 spiro atoms. The lowest BCUT2D eigenvalue weighted by Gasteiger charge is -2.09. The Labute approximate surface area is 201 Å². The minimum absolute atomic E-state index is 0.667. The minimum Gasteiger partial charge on any atom is -0.342 e. The van der Waals surface area contributed by atoms with Crippen molar-refractivity contribution in [3.63, 3.8) is 0 Å². The zero-order valence-corrected chi connectivity index (χ0v) is 19.2. The van der Waals surface area contributed by atoms with Gasteiger partial charge in [0, 0.05) is 23.3 Å². The number of thioether (sulfide) groups is 1. The number of benzene rings is 4. The number of rotatable bonds is 6. The summed E-state index contributed by atoms with van der Waals surface area (Å²) in [4.78, 5) is 13.1. The van der Waals surface area contributed by atoms with Gasteiger partial charge in [0.1, 0.15) is 17.2 Å². The molecular weight excluding hydrogens is 438 g/mol. The largest absolute Gasteiger partial charge is 0.342 e. The average molecular weight is 460 g/mol. The minimum atomic E-state index is 0.667. The second-order valence-corrected chi connectivity index (χ2v) is 9.08. The summed E-state index contributed by atoms with van der Waals surface area (Å²) in [5.41, 5.74) is 5.74. The van der Waals surface area contributed by atoms with Crippen LogP contribution in [0, 0.1) is 0 Å². The number of aromatic nitrogens is 5. The van der Waals surface area contributed by atoms with E-state index in [1.807, 2.05) is 48.5 Å². The van der Waals surface area contributed by atoms with Crippen LogP contribution in [0.3, 0.4) is 0 Å². The monoisotopic (exact) mass is 459 g/mol. The predicted octanol–water partition coefficient (Wildman–Crippen LogP) is 6.57. The van der Waals surface area contributed by atoms with Crippen LogP contribution >= 0.6 is 11.8 Å². The van der Waals surface area contributed by atoms with Crippen molar-refractivity contribution in [3.8, 4) is 22.5 Å². The average Bonchev–Trinajstić information content (AvgIpc) is 3.29. The van der Waals surface area contributed by atoms with Crippen LogP contribution in [0.15, 0.2) is 102 Å². The maximum absolute atomic E-state index is 4.89. The van der Waals surface area contributed by atoms with Crippen molar-refractivity contribution in [2.45, 2.75) is 11.6 Å². The summed E-state index contributed by atoms with van der Waals surface area (Å²) in [6, 6.07) is 32.9. The number of fused-ring (bicyclic) bond motifs is 2. The van der Waals surface area contributed by atoms with Gasteiger partial charge >= 0.3 is 0 Å². The highest BCUT2D eigenvalue weighted by Gasteiger charge is 2.14. The molecule has 6 rings (SSSR count). The van der Waals surface area contributed by atoms with Crippen molar-refractivity contribution in [2.24, 2.45) is 0 Å². The molecule has 0 radical (unpaired) electrons. The molecule has 0 fully saturated rings. The summed E-state index contributed by atoms with van der Waals surface area (Å²) in [7, 11) is 0. The molecule has 0 saturated heterocycles. The molecule has 6 heteroatoms. The second-order valence-electron chi connectivity index (χ2n) is 8.02. The first kappa shape index (κ1) is 20.6.